The molecule has 0 atom stereocenters. The minimum absolute atomic E-state index is 0.0875. The first-order valence-corrected chi connectivity index (χ1v) is 6.42. The topological polar surface area (TPSA) is 76.2 Å². The molecule has 2 rings (SSSR count). The Morgan fingerprint density at radius 2 is 2.25 bits per heavy atom. The SMILES string of the molecule is CN(Cc1cnn(CCC(=O)O)c1)Cc1nccn1C. The summed E-state index contributed by atoms with van der Waals surface area (Å²) in [7, 11) is 3.99. The van der Waals surface area contributed by atoms with Crippen LogP contribution in [0.2, 0.25) is 0 Å². The van der Waals surface area contributed by atoms with Crippen molar-refractivity contribution in [3.8, 4) is 0 Å². The van der Waals surface area contributed by atoms with E-state index in [1.54, 1.807) is 17.1 Å². The number of aryl methyl sites for hydroxylation is 2. The third-order valence-electron chi connectivity index (χ3n) is 3.03. The van der Waals surface area contributed by atoms with Gasteiger partial charge in [0.2, 0.25) is 0 Å². The summed E-state index contributed by atoms with van der Waals surface area (Å²) in [5, 5.41) is 12.8. The molecule has 20 heavy (non-hydrogen) atoms. The second-order valence-corrected chi connectivity index (χ2v) is 4.88. The zero-order valence-corrected chi connectivity index (χ0v) is 11.7. The van der Waals surface area contributed by atoms with Crippen LogP contribution in [-0.4, -0.2) is 42.4 Å². The first-order valence-electron chi connectivity index (χ1n) is 6.42. The van der Waals surface area contributed by atoms with Crippen LogP contribution in [0.15, 0.2) is 24.8 Å². The van der Waals surface area contributed by atoms with Gasteiger partial charge in [-0.3, -0.25) is 14.4 Å². The van der Waals surface area contributed by atoms with Gasteiger partial charge in [0.25, 0.3) is 0 Å². The number of aliphatic carboxylic acids is 1. The van der Waals surface area contributed by atoms with Gasteiger partial charge in [-0.25, -0.2) is 4.98 Å². The Morgan fingerprint density at radius 1 is 1.45 bits per heavy atom. The fraction of sp³-hybridized carbons (Fsp3) is 0.462. The van der Waals surface area contributed by atoms with E-state index in [0.29, 0.717) is 6.54 Å². The molecular formula is C13H19N5O2. The van der Waals surface area contributed by atoms with Crippen molar-refractivity contribution >= 4 is 5.97 Å². The van der Waals surface area contributed by atoms with E-state index in [9.17, 15) is 4.79 Å². The zero-order chi connectivity index (χ0) is 14.5. The van der Waals surface area contributed by atoms with Gasteiger partial charge >= 0.3 is 5.97 Å². The van der Waals surface area contributed by atoms with Gasteiger partial charge in [-0.1, -0.05) is 0 Å². The predicted octanol–water partition coefficient (Wildman–Crippen LogP) is 0.723. The molecule has 0 radical (unpaired) electrons. The fourth-order valence-corrected chi connectivity index (χ4v) is 1.98. The molecule has 0 saturated heterocycles. The second kappa shape index (κ2) is 6.33. The number of imidazole rings is 1. The highest BCUT2D eigenvalue weighted by Crippen LogP contribution is 2.06. The molecule has 0 aliphatic carbocycles. The van der Waals surface area contributed by atoms with Crippen LogP contribution in [0.25, 0.3) is 0 Å². The summed E-state index contributed by atoms with van der Waals surface area (Å²) in [5.41, 5.74) is 1.06. The quantitative estimate of drug-likeness (QED) is 0.807. The van der Waals surface area contributed by atoms with E-state index in [2.05, 4.69) is 15.0 Å². The van der Waals surface area contributed by atoms with Crippen LogP contribution in [0.3, 0.4) is 0 Å². The Morgan fingerprint density at radius 3 is 2.90 bits per heavy atom. The number of aromatic nitrogens is 4. The smallest absolute Gasteiger partial charge is 0.305 e. The van der Waals surface area contributed by atoms with Crippen LogP contribution >= 0.6 is 0 Å². The first-order chi connectivity index (χ1) is 9.54. The largest absolute Gasteiger partial charge is 0.481 e. The van der Waals surface area contributed by atoms with E-state index in [0.717, 1.165) is 24.5 Å². The van der Waals surface area contributed by atoms with Crippen molar-refractivity contribution in [3.63, 3.8) is 0 Å². The maximum atomic E-state index is 10.5. The summed E-state index contributed by atoms with van der Waals surface area (Å²) in [5.74, 6) is 0.194. The van der Waals surface area contributed by atoms with Crippen LogP contribution in [-0.2, 0) is 31.5 Å². The molecule has 2 heterocycles. The summed E-state index contributed by atoms with van der Waals surface area (Å²) < 4.78 is 3.66. The molecule has 0 amide bonds. The number of rotatable bonds is 7. The van der Waals surface area contributed by atoms with Gasteiger partial charge in [0.15, 0.2) is 0 Å². The van der Waals surface area contributed by atoms with E-state index in [-0.39, 0.29) is 6.42 Å². The highest BCUT2D eigenvalue weighted by molar-refractivity contribution is 5.66. The van der Waals surface area contributed by atoms with Gasteiger partial charge in [0.05, 0.1) is 25.7 Å². The molecule has 0 aromatic carbocycles. The summed E-state index contributed by atoms with van der Waals surface area (Å²) in [4.78, 5) is 16.9. The minimum Gasteiger partial charge on any atom is -0.481 e. The molecule has 1 N–H and O–H groups in total. The monoisotopic (exact) mass is 277 g/mol. The molecular weight excluding hydrogens is 258 g/mol. The molecule has 0 unspecified atom stereocenters. The Hall–Kier alpha value is -2.15. The number of carboxylic acids is 1. The van der Waals surface area contributed by atoms with E-state index in [4.69, 9.17) is 5.11 Å². The first kappa shape index (κ1) is 14.3. The van der Waals surface area contributed by atoms with Gasteiger partial charge in [0.1, 0.15) is 5.82 Å². The molecule has 2 aromatic rings. The van der Waals surface area contributed by atoms with Gasteiger partial charge in [-0.2, -0.15) is 5.10 Å². The molecule has 7 heteroatoms. The maximum Gasteiger partial charge on any atom is 0.305 e. The molecule has 2 aromatic heterocycles. The molecule has 0 aliphatic heterocycles. The number of carbonyl (C=O) groups is 1. The van der Waals surface area contributed by atoms with Gasteiger partial charge in [0, 0.05) is 37.7 Å². The van der Waals surface area contributed by atoms with E-state index >= 15 is 0 Å². The second-order valence-electron chi connectivity index (χ2n) is 4.88. The lowest BCUT2D eigenvalue weighted by Crippen LogP contribution is -2.19. The summed E-state index contributed by atoms with van der Waals surface area (Å²) in [6.07, 6.45) is 7.46. The number of hydrogen-bond acceptors (Lipinski definition) is 4. The van der Waals surface area contributed by atoms with Crippen molar-refractivity contribution in [2.75, 3.05) is 7.05 Å². The van der Waals surface area contributed by atoms with Gasteiger partial charge in [-0.15, -0.1) is 0 Å². The summed E-state index contributed by atoms with van der Waals surface area (Å²) in [6.45, 7) is 1.90. The molecule has 0 spiro atoms. The van der Waals surface area contributed by atoms with Crippen molar-refractivity contribution in [2.45, 2.75) is 26.1 Å². The molecule has 7 nitrogen and oxygen atoms in total. The molecule has 0 fully saturated rings. The number of hydrogen-bond donors (Lipinski definition) is 1. The van der Waals surface area contributed by atoms with Crippen molar-refractivity contribution in [2.24, 2.45) is 7.05 Å². The van der Waals surface area contributed by atoms with Crippen molar-refractivity contribution in [3.05, 3.63) is 36.2 Å². The lowest BCUT2D eigenvalue weighted by Gasteiger charge is -2.15. The standard InChI is InChI=1S/C13H19N5O2/c1-16(10-12-14-4-6-17(12)2)8-11-7-15-18(9-11)5-3-13(19)20/h4,6-7,9H,3,5,8,10H2,1-2H3,(H,19,20). The summed E-state index contributed by atoms with van der Waals surface area (Å²) in [6, 6.07) is 0. The van der Waals surface area contributed by atoms with Gasteiger partial charge < -0.3 is 9.67 Å². The van der Waals surface area contributed by atoms with E-state index in [1.165, 1.54) is 0 Å². The average molecular weight is 277 g/mol. The van der Waals surface area contributed by atoms with Crippen molar-refractivity contribution < 1.29 is 9.90 Å². The lowest BCUT2D eigenvalue weighted by molar-refractivity contribution is -0.137. The van der Waals surface area contributed by atoms with Crippen LogP contribution in [0, 0.1) is 0 Å². The van der Waals surface area contributed by atoms with Crippen LogP contribution in [0.5, 0.6) is 0 Å². The van der Waals surface area contributed by atoms with Crippen LogP contribution in [0.4, 0.5) is 0 Å². The van der Waals surface area contributed by atoms with Crippen LogP contribution < -0.4 is 0 Å². The predicted molar refractivity (Wildman–Crippen MR) is 72.9 cm³/mol. The third-order valence-corrected chi connectivity index (χ3v) is 3.03. The zero-order valence-electron chi connectivity index (χ0n) is 11.7. The third kappa shape index (κ3) is 3.92. The molecule has 0 aliphatic rings. The highest BCUT2D eigenvalue weighted by atomic mass is 16.4. The van der Waals surface area contributed by atoms with Crippen molar-refractivity contribution in [1.29, 1.82) is 0 Å². The summed E-state index contributed by atoms with van der Waals surface area (Å²) >= 11 is 0. The van der Waals surface area contributed by atoms with E-state index < -0.39 is 5.97 Å². The molecule has 108 valence electrons. The highest BCUT2D eigenvalue weighted by Gasteiger charge is 2.07. The molecule has 0 bridgehead atoms. The maximum absolute atomic E-state index is 10.5. The van der Waals surface area contributed by atoms with Crippen LogP contribution in [0.1, 0.15) is 17.8 Å². The molecule has 0 saturated carbocycles. The van der Waals surface area contributed by atoms with E-state index in [1.807, 2.05) is 31.1 Å². The lowest BCUT2D eigenvalue weighted by atomic mass is 10.3. The Bertz CT molecular complexity index is 575. The van der Waals surface area contributed by atoms with Gasteiger partial charge in [-0.05, 0) is 7.05 Å². The Kier molecular flexibility index (Phi) is 4.52. The fourth-order valence-electron chi connectivity index (χ4n) is 1.98. The number of nitrogens with zero attached hydrogens (tertiary/aromatic N) is 5. The average Bonchev–Trinajstić information content (AvgIpc) is 2.97. The minimum atomic E-state index is -0.811. The Balaban J connectivity index is 1.86. The number of carboxylic acid groups (broad SMARTS) is 1. The van der Waals surface area contributed by atoms with Crippen molar-refractivity contribution in [1.82, 2.24) is 24.2 Å². The Labute approximate surface area is 117 Å². The normalized spacial score (nSPS) is 11.2.